The second-order valence-corrected chi connectivity index (χ2v) is 7.54. The molecule has 0 amide bonds. The maximum absolute atomic E-state index is 14.0. The molecule has 1 aliphatic rings. The SMILES string of the molecule is Nc1ccc2c(c1)N(S(=O)(=O)c1ccc(Br)cc1F)CC2. The maximum atomic E-state index is 14.0. The summed E-state index contributed by atoms with van der Waals surface area (Å²) < 4.78 is 41.0. The van der Waals surface area contributed by atoms with Crippen LogP contribution in [0.1, 0.15) is 5.56 Å². The van der Waals surface area contributed by atoms with Gasteiger partial charge in [-0.3, -0.25) is 4.31 Å². The normalized spacial score (nSPS) is 14.3. The van der Waals surface area contributed by atoms with Crippen molar-refractivity contribution < 1.29 is 12.8 Å². The van der Waals surface area contributed by atoms with E-state index in [-0.39, 0.29) is 11.4 Å². The molecule has 4 nitrogen and oxygen atoms in total. The smallest absolute Gasteiger partial charge is 0.267 e. The summed E-state index contributed by atoms with van der Waals surface area (Å²) >= 11 is 3.12. The number of nitrogens with two attached hydrogens (primary N) is 1. The molecule has 3 rings (SSSR count). The topological polar surface area (TPSA) is 63.4 Å². The minimum absolute atomic E-state index is 0.288. The first-order valence-electron chi connectivity index (χ1n) is 6.26. The van der Waals surface area contributed by atoms with Gasteiger partial charge in [-0.2, -0.15) is 0 Å². The van der Waals surface area contributed by atoms with Crippen LogP contribution in [0.3, 0.4) is 0 Å². The molecule has 0 bridgehead atoms. The molecule has 7 heteroatoms. The standard InChI is InChI=1S/C14H12BrFN2O2S/c15-10-2-4-14(12(16)7-10)21(19,20)18-6-5-9-1-3-11(17)8-13(9)18/h1-4,7-8H,5-6,17H2. The fraction of sp³-hybridized carbons (Fsp3) is 0.143. The van der Waals surface area contributed by atoms with E-state index in [1.54, 1.807) is 18.2 Å². The minimum atomic E-state index is -3.93. The van der Waals surface area contributed by atoms with E-state index in [1.807, 2.05) is 0 Å². The Morgan fingerprint density at radius 1 is 1.19 bits per heavy atom. The highest BCUT2D eigenvalue weighted by Gasteiger charge is 2.32. The van der Waals surface area contributed by atoms with Crippen molar-refractivity contribution in [3.63, 3.8) is 0 Å². The van der Waals surface area contributed by atoms with Crippen LogP contribution >= 0.6 is 15.9 Å². The maximum Gasteiger partial charge on any atom is 0.267 e. The van der Waals surface area contributed by atoms with Crippen LogP contribution in [0.25, 0.3) is 0 Å². The molecule has 2 aromatic carbocycles. The molecule has 0 aliphatic carbocycles. The van der Waals surface area contributed by atoms with Crippen LogP contribution in [-0.4, -0.2) is 15.0 Å². The fourth-order valence-electron chi connectivity index (χ4n) is 2.42. The van der Waals surface area contributed by atoms with E-state index in [1.165, 1.54) is 16.4 Å². The molecular weight excluding hydrogens is 359 g/mol. The minimum Gasteiger partial charge on any atom is -0.399 e. The number of hydrogen-bond donors (Lipinski definition) is 1. The van der Waals surface area contributed by atoms with Crippen molar-refractivity contribution in [1.29, 1.82) is 0 Å². The molecule has 2 N–H and O–H groups in total. The molecule has 2 aromatic rings. The summed E-state index contributed by atoms with van der Waals surface area (Å²) in [5, 5.41) is 0. The van der Waals surface area contributed by atoms with Gasteiger partial charge >= 0.3 is 0 Å². The summed E-state index contributed by atoms with van der Waals surface area (Å²) in [6.07, 6.45) is 0.590. The Morgan fingerprint density at radius 3 is 2.67 bits per heavy atom. The van der Waals surface area contributed by atoms with Crippen molar-refractivity contribution >= 4 is 37.3 Å². The van der Waals surface area contributed by atoms with Gasteiger partial charge in [0.25, 0.3) is 10.0 Å². The second-order valence-electron chi connectivity index (χ2n) is 4.79. The number of nitrogen functional groups attached to an aromatic ring is 1. The molecule has 1 heterocycles. The second kappa shape index (κ2) is 4.99. The van der Waals surface area contributed by atoms with E-state index in [0.717, 1.165) is 11.6 Å². The highest BCUT2D eigenvalue weighted by atomic mass is 79.9. The highest BCUT2D eigenvalue weighted by Crippen LogP contribution is 2.35. The third kappa shape index (κ3) is 2.40. The summed E-state index contributed by atoms with van der Waals surface area (Å²) in [4.78, 5) is -0.332. The summed E-state index contributed by atoms with van der Waals surface area (Å²) in [7, 11) is -3.93. The average molecular weight is 371 g/mol. The van der Waals surface area contributed by atoms with Crippen LogP contribution in [0, 0.1) is 5.82 Å². The van der Waals surface area contributed by atoms with Gasteiger partial charge in [-0.15, -0.1) is 0 Å². The van der Waals surface area contributed by atoms with Gasteiger partial charge in [0, 0.05) is 16.7 Å². The molecule has 0 saturated carbocycles. The summed E-state index contributed by atoms with van der Waals surface area (Å²) in [5.74, 6) is -0.776. The molecule has 0 saturated heterocycles. The average Bonchev–Trinajstić information content (AvgIpc) is 2.81. The van der Waals surface area contributed by atoms with Crippen LogP contribution in [0.15, 0.2) is 45.8 Å². The van der Waals surface area contributed by atoms with Gasteiger partial charge in [0.05, 0.1) is 5.69 Å². The van der Waals surface area contributed by atoms with Gasteiger partial charge in [-0.1, -0.05) is 22.0 Å². The summed E-state index contributed by atoms with van der Waals surface area (Å²) in [5.41, 5.74) is 7.62. The van der Waals surface area contributed by atoms with Gasteiger partial charge in [-0.25, -0.2) is 12.8 Å². The van der Waals surface area contributed by atoms with E-state index in [9.17, 15) is 12.8 Å². The fourth-order valence-corrected chi connectivity index (χ4v) is 4.30. The Balaban J connectivity index is 2.11. The predicted molar refractivity (Wildman–Crippen MR) is 83.2 cm³/mol. The van der Waals surface area contributed by atoms with Crippen molar-refractivity contribution in [2.24, 2.45) is 0 Å². The number of halogens is 2. The predicted octanol–water partition coefficient (Wildman–Crippen LogP) is 2.92. The zero-order valence-electron chi connectivity index (χ0n) is 10.9. The van der Waals surface area contributed by atoms with Crippen LogP contribution < -0.4 is 10.0 Å². The zero-order valence-corrected chi connectivity index (χ0v) is 13.3. The molecular formula is C14H12BrFN2O2S. The Bertz CT molecular complexity index is 824. The van der Waals surface area contributed by atoms with Gasteiger partial charge in [0.1, 0.15) is 10.7 Å². The summed E-state index contributed by atoms with van der Waals surface area (Å²) in [6.45, 7) is 0.288. The van der Waals surface area contributed by atoms with Gasteiger partial charge < -0.3 is 5.73 Å². The van der Waals surface area contributed by atoms with Crippen molar-refractivity contribution in [1.82, 2.24) is 0 Å². The summed E-state index contributed by atoms with van der Waals surface area (Å²) in [6, 6.07) is 9.05. The molecule has 0 aromatic heterocycles. The van der Waals surface area contributed by atoms with E-state index in [4.69, 9.17) is 5.73 Å². The number of fused-ring (bicyclic) bond motifs is 1. The van der Waals surface area contributed by atoms with E-state index >= 15 is 0 Å². The Kier molecular flexibility index (Phi) is 3.41. The first-order chi connectivity index (χ1) is 9.89. The molecule has 110 valence electrons. The molecule has 0 radical (unpaired) electrons. The van der Waals surface area contributed by atoms with E-state index < -0.39 is 15.8 Å². The third-order valence-corrected chi connectivity index (χ3v) is 5.76. The van der Waals surface area contributed by atoms with E-state index in [0.29, 0.717) is 22.3 Å². The largest absolute Gasteiger partial charge is 0.399 e. The Morgan fingerprint density at radius 2 is 1.95 bits per heavy atom. The van der Waals surface area contributed by atoms with Crippen LogP contribution in [0.5, 0.6) is 0 Å². The molecule has 0 atom stereocenters. The van der Waals surface area contributed by atoms with Gasteiger partial charge in [0.2, 0.25) is 0 Å². The molecule has 0 unspecified atom stereocenters. The Labute approximate surface area is 130 Å². The lowest BCUT2D eigenvalue weighted by Crippen LogP contribution is -2.29. The molecule has 0 spiro atoms. The van der Waals surface area contributed by atoms with Crippen LogP contribution in [0.2, 0.25) is 0 Å². The molecule has 1 aliphatic heterocycles. The van der Waals surface area contributed by atoms with Gasteiger partial charge in [0.15, 0.2) is 0 Å². The first-order valence-corrected chi connectivity index (χ1v) is 8.49. The van der Waals surface area contributed by atoms with Crippen LogP contribution in [-0.2, 0) is 16.4 Å². The van der Waals surface area contributed by atoms with Crippen molar-refractivity contribution in [3.8, 4) is 0 Å². The number of anilines is 2. The monoisotopic (exact) mass is 370 g/mol. The number of rotatable bonds is 2. The lowest BCUT2D eigenvalue weighted by molar-refractivity contribution is 0.564. The Hall–Kier alpha value is -1.60. The molecule has 21 heavy (non-hydrogen) atoms. The van der Waals surface area contributed by atoms with Gasteiger partial charge in [-0.05, 0) is 42.3 Å². The van der Waals surface area contributed by atoms with Crippen LogP contribution in [0.4, 0.5) is 15.8 Å². The van der Waals surface area contributed by atoms with E-state index in [2.05, 4.69) is 15.9 Å². The number of hydrogen-bond acceptors (Lipinski definition) is 3. The quantitative estimate of drug-likeness (QED) is 0.826. The zero-order chi connectivity index (χ0) is 15.2. The number of nitrogens with zero attached hydrogens (tertiary/aromatic N) is 1. The van der Waals surface area contributed by atoms with Crippen molar-refractivity contribution in [3.05, 3.63) is 52.3 Å². The lowest BCUT2D eigenvalue weighted by atomic mass is 10.1. The highest BCUT2D eigenvalue weighted by molar-refractivity contribution is 9.10. The lowest BCUT2D eigenvalue weighted by Gasteiger charge is -2.20. The van der Waals surface area contributed by atoms with Crippen molar-refractivity contribution in [2.45, 2.75) is 11.3 Å². The number of benzene rings is 2. The first kappa shape index (κ1) is 14.3. The third-order valence-electron chi connectivity index (χ3n) is 3.42. The van der Waals surface area contributed by atoms with Crippen molar-refractivity contribution in [2.75, 3.05) is 16.6 Å². The molecule has 0 fully saturated rings. The number of sulfonamides is 1.